The van der Waals surface area contributed by atoms with Crippen LogP contribution in [0, 0.1) is 11.3 Å². The highest BCUT2D eigenvalue weighted by Gasteiger charge is 2.29. The van der Waals surface area contributed by atoms with Gasteiger partial charge in [0.15, 0.2) is 5.82 Å². The Morgan fingerprint density at radius 3 is 2.52 bits per heavy atom. The number of nitriles is 1. The quantitative estimate of drug-likeness (QED) is 0.832. The maximum absolute atomic E-state index is 9.60. The maximum Gasteiger partial charge on any atom is 0.169 e. The van der Waals surface area contributed by atoms with Crippen LogP contribution in [0.2, 0.25) is 0 Å². The molecule has 1 aliphatic carbocycles. The lowest BCUT2D eigenvalue weighted by atomic mass is 9.90. The molecule has 1 aromatic rings. The molecule has 0 spiro atoms. The van der Waals surface area contributed by atoms with Gasteiger partial charge in [-0.1, -0.05) is 13.8 Å². The fourth-order valence-corrected chi connectivity index (χ4v) is 2.88. The molecule has 0 bridgehead atoms. The van der Waals surface area contributed by atoms with Gasteiger partial charge in [-0.3, -0.25) is 0 Å². The number of rotatable bonds is 7. The normalized spacial score (nSPS) is 14.6. The van der Waals surface area contributed by atoms with Crippen LogP contribution in [0.25, 0.3) is 0 Å². The Hall–Kier alpha value is -1.67. The molecular formula is C16H24N4O. The van der Waals surface area contributed by atoms with Crippen LogP contribution in [0.1, 0.15) is 56.4 Å². The largest absolute Gasteiger partial charge is 0.396 e. The first-order valence-corrected chi connectivity index (χ1v) is 7.92. The monoisotopic (exact) mass is 288 g/mol. The number of aromatic nitrogens is 2. The van der Waals surface area contributed by atoms with Gasteiger partial charge in [0.2, 0.25) is 0 Å². The topological polar surface area (TPSA) is 73.0 Å². The van der Waals surface area contributed by atoms with Crippen LogP contribution in [0.5, 0.6) is 0 Å². The average Bonchev–Trinajstić information content (AvgIpc) is 2.47. The Morgan fingerprint density at radius 2 is 2.05 bits per heavy atom. The van der Waals surface area contributed by atoms with Gasteiger partial charge in [0.05, 0.1) is 5.69 Å². The van der Waals surface area contributed by atoms with Crippen molar-refractivity contribution < 1.29 is 5.11 Å². The number of anilines is 1. The molecule has 1 heterocycles. The minimum atomic E-state index is 0.159. The van der Waals surface area contributed by atoms with Gasteiger partial charge in [-0.05, 0) is 44.1 Å². The van der Waals surface area contributed by atoms with Gasteiger partial charge in [0, 0.05) is 19.2 Å². The van der Waals surface area contributed by atoms with E-state index in [-0.39, 0.29) is 6.61 Å². The molecule has 1 fully saturated rings. The molecule has 114 valence electrons. The average molecular weight is 288 g/mol. The molecule has 0 radical (unpaired) electrons. The number of nitrogens with zero attached hydrogens (tertiary/aromatic N) is 4. The summed E-state index contributed by atoms with van der Waals surface area (Å²) in [6.45, 7) is 4.99. The van der Waals surface area contributed by atoms with Crippen LogP contribution in [0.15, 0.2) is 0 Å². The van der Waals surface area contributed by atoms with Crippen molar-refractivity contribution in [2.24, 2.45) is 0 Å². The Bertz CT molecular complexity index is 520. The zero-order valence-electron chi connectivity index (χ0n) is 13.0. The van der Waals surface area contributed by atoms with Crippen molar-refractivity contribution in [3.8, 4) is 6.07 Å². The highest BCUT2D eigenvalue weighted by atomic mass is 16.3. The molecule has 1 aromatic heterocycles. The smallest absolute Gasteiger partial charge is 0.169 e. The lowest BCUT2D eigenvalue weighted by Gasteiger charge is -2.38. The van der Waals surface area contributed by atoms with Gasteiger partial charge in [-0.2, -0.15) is 10.4 Å². The predicted octanol–water partition coefficient (Wildman–Crippen LogP) is 2.21. The Kier molecular flexibility index (Phi) is 5.51. The third kappa shape index (κ3) is 3.16. The van der Waals surface area contributed by atoms with E-state index in [1.807, 2.05) is 6.92 Å². The van der Waals surface area contributed by atoms with Crippen LogP contribution in [0.4, 0.5) is 5.82 Å². The molecule has 0 amide bonds. The first-order chi connectivity index (χ1) is 10.3. The second kappa shape index (κ2) is 7.37. The van der Waals surface area contributed by atoms with Crippen molar-refractivity contribution in [1.82, 2.24) is 10.2 Å². The molecule has 1 N–H and O–H groups in total. The van der Waals surface area contributed by atoms with E-state index in [0.29, 0.717) is 23.8 Å². The number of hydrogen-bond donors (Lipinski definition) is 1. The number of hydrogen-bond acceptors (Lipinski definition) is 5. The third-order valence-corrected chi connectivity index (χ3v) is 4.28. The number of aliphatic hydroxyl groups is 1. The summed E-state index contributed by atoms with van der Waals surface area (Å²) in [6.07, 6.45) is 5.78. The SMILES string of the molecule is CCc1nnc(N(CCCO)C2CCC2)c(C#N)c1CC. The summed E-state index contributed by atoms with van der Waals surface area (Å²) in [5.41, 5.74) is 2.63. The fourth-order valence-electron chi connectivity index (χ4n) is 2.88. The molecule has 0 saturated heterocycles. The molecule has 0 atom stereocenters. The highest BCUT2D eigenvalue weighted by Crippen LogP contribution is 2.32. The molecular weight excluding hydrogens is 264 g/mol. The Balaban J connectivity index is 2.41. The van der Waals surface area contributed by atoms with Gasteiger partial charge >= 0.3 is 0 Å². The van der Waals surface area contributed by atoms with Crippen molar-refractivity contribution in [3.05, 3.63) is 16.8 Å². The lowest BCUT2D eigenvalue weighted by Crippen LogP contribution is -2.42. The Morgan fingerprint density at radius 1 is 1.29 bits per heavy atom. The third-order valence-electron chi connectivity index (χ3n) is 4.28. The van der Waals surface area contributed by atoms with Gasteiger partial charge in [-0.25, -0.2) is 0 Å². The predicted molar refractivity (Wildman–Crippen MR) is 82.2 cm³/mol. The van der Waals surface area contributed by atoms with Crippen LogP contribution in [0.3, 0.4) is 0 Å². The maximum atomic E-state index is 9.60. The first kappa shape index (κ1) is 15.7. The fraction of sp³-hybridized carbons (Fsp3) is 0.688. The van der Waals surface area contributed by atoms with E-state index in [0.717, 1.165) is 43.5 Å². The minimum absolute atomic E-state index is 0.159. The van der Waals surface area contributed by atoms with Gasteiger partial charge < -0.3 is 10.0 Å². The summed E-state index contributed by atoms with van der Waals surface area (Å²) in [7, 11) is 0. The van der Waals surface area contributed by atoms with Gasteiger partial charge in [0.1, 0.15) is 11.6 Å². The molecule has 1 aliphatic rings. The second-order valence-electron chi connectivity index (χ2n) is 5.50. The summed E-state index contributed by atoms with van der Waals surface area (Å²) in [6, 6.07) is 2.78. The van der Waals surface area contributed by atoms with E-state index in [4.69, 9.17) is 5.11 Å². The number of aliphatic hydroxyl groups excluding tert-OH is 1. The van der Waals surface area contributed by atoms with Crippen molar-refractivity contribution in [1.29, 1.82) is 5.26 Å². The molecule has 2 rings (SSSR count). The van der Waals surface area contributed by atoms with Crippen LogP contribution in [-0.2, 0) is 12.8 Å². The summed E-state index contributed by atoms with van der Waals surface area (Å²) in [4.78, 5) is 2.18. The molecule has 1 saturated carbocycles. The standard InChI is InChI=1S/C16H24N4O/c1-3-13-14(11-17)16(19-18-15(13)4-2)20(9-6-10-21)12-7-5-8-12/h12,21H,3-10H2,1-2H3. The van der Waals surface area contributed by atoms with Crippen LogP contribution in [-0.4, -0.2) is 34.5 Å². The second-order valence-corrected chi connectivity index (χ2v) is 5.50. The van der Waals surface area contributed by atoms with Crippen molar-refractivity contribution in [3.63, 3.8) is 0 Å². The molecule has 0 unspecified atom stereocenters. The van der Waals surface area contributed by atoms with E-state index < -0.39 is 0 Å². The zero-order valence-corrected chi connectivity index (χ0v) is 13.0. The molecule has 0 aliphatic heterocycles. The van der Waals surface area contributed by atoms with Crippen LogP contribution < -0.4 is 4.90 Å². The first-order valence-electron chi connectivity index (χ1n) is 7.92. The number of aryl methyl sites for hydroxylation is 1. The minimum Gasteiger partial charge on any atom is -0.396 e. The van der Waals surface area contributed by atoms with E-state index in [1.165, 1.54) is 6.42 Å². The van der Waals surface area contributed by atoms with Crippen LogP contribution >= 0.6 is 0 Å². The Labute approximate surface area is 126 Å². The van der Waals surface area contributed by atoms with Crippen molar-refractivity contribution in [2.45, 2.75) is 58.4 Å². The molecule has 21 heavy (non-hydrogen) atoms. The molecule has 5 nitrogen and oxygen atoms in total. The van der Waals surface area contributed by atoms with E-state index in [9.17, 15) is 5.26 Å². The lowest BCUT2D eigenvalue weighted by molar-refractivity contribution is 0.282. The summed E-state index contributed by atoms with van der Waals surface area (Å²) in [5.74, 6) is 0.713. The van der Waals surface area contributed by atoms with Crippen molar-refractivity contribution >= 4 is 5.82 Å². The molecule has 5 heteroatoms. The van der Waals surface area contributed by atoms with Crippen molar-refractivity contribution in [2.75, 3.05) is 18.1 Å². The van der Waals surface area contributed by atoms with E-state index in [1.54, 1.807) is 0 Å². The summed E-state index contributed by atoms with van der Waals surface area (Å²) >= 11 is 0. The summed E-state index contributed by atoms with van der Waals surface area (Å²) in [5, 5.41) is 27.4. The zero-order chi connectivity index (χ0) is 15.2. The highest BCUT2D eigenvalue weighted by molar-refractivity contribution is 5.58. The van der Waals surface area contributed by atoms with Gasteiger partial charge in [0.25, 0.3) is 0 Å². The van der Waals surface area contributed by atoms with Gasteiger partial charge in [-0.15, -0.1) is 5.10 Å². The summed E-state index contributed by atoms with van der Waals surface area (Å²) < 4.78 is 0. The molecule has 0 aromatic carbocycles. The van der Waals surface area contributed by atoms with E-state index in [2.05, 4.69) is 28.1 Å². The van der Waals surface area contributed by atoms with E-state index >= 15 is 0 Å².